The number of fused-ring (bicyclic) bond motifs is 1. The van der Waals surface area contributed by atoms with Crippen molar-refractivity contribution in [1.82, 2.24) is 19.7 Å². The van der Waals surface area contributed by atoms with Crippen LogP contribution < -0.4 is 5.32 Å². The molecule has 0 aromatic carbocycles. The van der Waals surface area contributed by atoms with Gasteiger partial charge in [0.15, 0.2) is 11.5 Å². The van der Waals surface area contributed by atoms with Crippen molar-refractivity contribution < 1.29 is 4.74 Å². The normalized spacial score (nSPS) is 15.5. The van der Waals surface area contributed by atoms with E-state index in [9.17, 15) is 0 Å². The number of ether oxygens (including phenoxy) is 1. The summed E-state index contributed by atoms with van der Waals surface area (Å²) in [6.45, 7) is 3.51. The lowest BCUT2D eigenvalue weighted by Gasteiger charge is -2.25. The van der Waals surface area contributed by atoms with Crippen molar-refractivity contribution in [1.29, 1.82) is 0 Å². The molecule has 6 nitrogen and oxygen atoms in total. The van der Waals surface area contributed by atoms with E-state index in [-0.39, 0.29) is 0 Å². The van der Waals surface area contributed by atoms with Gasteiger partial charge in [-0.1, -0.05) is 6.92 Å². The minimum absolute atomic E-state index is 0.396. The molecule has 0 amide bonds. The molecule has 1 fully saturated rings. The molecule has 1 N–H and O–H groups in total. The van der Waals surface area contributed by atoms with Crippen molar-refractivity contribution in [3.05, 3.63) is 12.0 Å². The number of nitrogens with one attached hydrogen (secondary N) is 1. The predicted octanol–water partition coefficient (Wildman–Crippen LogP) is 2.25. The Morgan fingerprint density at radius 3 is 2.95 bits per heavy atom. The van der Waals surface area contributed by atoms with Crippen LogP contribution in [-0.4, -0.2) is 32.4 Å². The fourth-order valence-corrected chi connectivity index (χ4v) is 2.24. The van der Waals surface area contributed by atoms with Crippen LogP contribution in [0.2, 0.25) is 0 Å². The monoisotopic (exact) mass is 275 g/mol. The summed E-state index contributed by atoms with van der Waals surface area (Å²) in [6, 6.07) is 0. The van der Waals surface area contributed by atoms with E-state index in [1.807, 2.05) is 13.2 Å². The van der Waals surface area contributed by atoms with Crippen molar-refractivity contribution in [2.75, 3.05) is 11.9 Å². The first-order chi connectivity index (χ1) is 9.78. The predicted molar refractivity (Wildman–Crippen MR) is 77.5 cm³/mol. The zero-order chi connectivity index (χ0) is 13.9. The minimum atomic E-state index is 0.396. The molecular formula is C14H21N5O. The molecule has 1 aliphatic carbocycles. The van der Waals surface area contributed by atoms with Gasteiger partial charge in [-0.25, -0.2) is 9.97 Å². The summed E-state index contributed by atoms with van der Waals surface area (Å²) in [6.07, 6.45) is 6.86. The lowest BCUT2D eigenvalue weighted by atomic mass is 9.96. The van der Waals surface area contributed by atoms with E-state index in [0.29, 0.717) is 12.7 Å². The molecule has 20 heavy (non-hydrogen) atoms. The lowest BCUT2D eigenvalue weighted by molar-refractivity contribution is -0.0115. The molecule has 0 aliphatic heterocycles. The van der Waals surface area contributed by atoms with Crippen LogP contribution in [0.1, 0.15) is 38.4 Å². The number of rotatable bonds is 6. The topological polar surface area (TPSA) is 64.9 Å². The maximum atomic E-state index is 5.81. The Balaban J connectivity index is 1.84. The van der Waals surface area contributed by atoms with Gasteiger partial charge in [-0.3, -0.25) is 4.68 Å². The van der Waals surface area contributed by atoms with Gasteiger partial charge in [0.1, 0.15) is 12.4 Å². The van der Waals surface area contributed by atoms with Crippen LogP contribution in [0.25, 0.3) is 11.0 Å². The Hall–Kier alpha value is -1.69. The summed E-state index contributed by atoms with van der Waals surface area (Å²) >= 11 is 0. The Morgan fingerprint density at radius 1 is 1.40 bits per heavy atom. The van der Waals surface area contributed by atoms with E-state index in [1.165, 1.54) is 6.42 Å². The van der Waals surface area contributed by atoms with Crippen LogP contribution in [0.5, 0.6) is 0 Å². The number of hydrogen-bond donors (Lipinski definition) is 1. The molecule has 1 aliphatic rings. The van der Waals surface area contributed by atoms with Gasteiger partial charge < -0.3 is 10.1 Å². The van der Waals surface area contributed by atoms with Gasteiger partial charge in [-0.2, -0.15) is 5.10 Å². The Kier molecular flexibility index (Phi) is 3.82. The highest BCUT2D eigenvalue weighted by Gasteiger charge is 2.19. The molecule has 6 heteroatoms. The first kappa shape index (κ1) is 13.3. The van der Waals surface area contributed by atoms with E-state index < -0.39 is 0 Å². The maximum Gasteiger partial charge on any atom is 0.163 e. The van der Waals surface area contributed by atoms with Gasteiger partial charge in [0.05, 0.1) is 17.7 Å². The van der Waals surface area contributed by atoms with E-state index in [1.54, 1.807) is 4.68 Å². The van der Waals surface area contributed by atoms with Gasteiger partial charge in [-0.15, -0.1) is 0 Å². The third kappa shape index (κ3) is 2.60. The number of aromatic nitrogens is 4. The van der Waals surface area contributed by atoms with Crippen LogP contribution in [0.4, 0.5) is 5.82 Å². The number of anilines is 1. The first-order valence-corrected chi connectivity index (χ1v) is 7.32. The van der Waals surface area contributed by atoms with Gasteiger partial charge in [0.2, 0.25) is 0 Å². The molecule has 1 saturated carbocycles. The second-order valence-electron chi connectivity index (χ2n) is 5.28. The molecule has 108 valence electrons. The fourth-order valence-electron chi connectivity index (χ4n) is 2.24. The van der Waals surface area contributed by atoms with E-state index in [2.05, 4.69) is 27.3 Å². The number of hydrogen-bond acceptors (Lipinski definition) is 5. The largest absolute Gasteiger partial charge is 0.370 e. The van der Waals surface area contributed by atoms with Crippen LogP contribution >= 0.6 is 0 Å². The summed E-state index contributed by atoms with van der Waals surface area (Å²) in [5, 5.41) is 8.57. The molecule has 0 saturated heterocycles. The van der Waals surface area contributed by atoms with Crippen molar-refractivity contribution in [2.45, 2.75) is 45.3 Å². The average Bonchev–Trinajstić information content (AvgIpc) is 2.76. The minimum Gasteiger partial charge on any atom is -0.370 e. The molecule has 3 rings (SSSR count). The number of aryl methyl sites for hydroxylation is 1. The third-order valence-electron chi connectivity index (χ3n) is 3.68. The van der Waals surface area contributed by atoms with Gasteiger partial charge in [0.25, 0.3) is 0 Å². The van der Waals surface area contributed by atoms with Crippen molar-refractivity contribution in [3.8, 4) is 0 Å². The second kappa shape index (κ2) is 5.75. The molecule has 0 unspecified atom stereocenters. The molecule has 2 aromatic heterocycles. The summed E-state index contributed by atoms with van der Waals surface area (Å²) < 4.78 is 7.59. The lowest BCUT2D eigenvalue weighted by Crippen LogP contribution is -2.22. The van der Waals surface area contributed by atoms with Crippen LogP contribution in [0.15, 0.2) is 6.20 Å². The average molecular weight is 275 g/mol. The van der Waals surface area contributed by atoms with Gasteiger partial charge in [0, 0.05) is 13.6 Å². The van der Waals surface area contributed by atoms with E-state index in [0.717, 1.165) is 48.5 Å². The van der Waals surface area contributed by atoms with Crippen LogP contribution in [0.3, 0.4) is 0 Å². The maximum absolute atomic E-state index is 5.81. The SMILES string of the molecule is CCCNc1nc(COC2CCC2)nc2c1cnn2C. The van der Waals surface area contributed by atoms with Crippen molar-refractivity contribution >= 4 is 16.9 Å². The van der Waals surface area contributed by atoms with Gasteiger partial charge in [-0.05, 0) is 25.7 Å². The second-order valence-corrected chi connectivity index (χ2v) is 5.28. The van der Waals surface area contributed by atoms with E-state index >= 15 is 0 Å². The van der Waals surface area contributed by atoms with Crippen LogP contribution in [0, 0.1) is 0 Å². The third-order valence-corrected chi connectivity index (χ3v) is 3.68. The molecule has 0 bridgehead atoms. The summed E-state index contributed by atoms with van der Waals surface area (Å²) in [4.78, 5) is 9.14. The highest BCUT2D eigenvalue weighted by atomic mass is 16.5. The molecular weight excluding hydrogens is 254 g/mol. The Labute approximate surface area is 118 Å². The van der Waals surface area contributed by atoms with Gasteiger partial charge >= 0.3 is 0 Å². The number of nitrogens with zero attached hydrogens (tertiary/aromatic N) is 4. The Morgan fingerprint density at radius 2 is 2.25 bits per heavy atom. The fraction of sp³-hybridized carbons (Fsp3) is 0.643. The zero-order valence-corrected chi connectivity index (χ0v) is 12.1. The molecule has 2 heterocycles. The summed E-state index contributed by atoms with van der Waals surface area (Å²) in [5.74, 6) is 1.59. The molecule has 0 spiro atoms. The van der Waals surface area contributed by atoms with Crippen molar-refractivity contribution in [3.63, 3.8) is 0 Å². The molecule has 0 atom stereocenters. The van der Waals surface area contributed by atoms with E-state index in [4.69, 9.17) is 4.74 Å². The summed E-state index contributed by atoms with van der Waals surface area (Å²) in [7, 11) is 1.90. The quantitative estimate of drug-likeness (QED) is 0.876. The van der Waals surface area contributed by atoms with Crippen LogP contribution in [-0.2, 0) is 18.4 Å². The standard InChI is InChI=1S/C14H21N5O/c1-3-7-15-13-11-8-16-19(2)14(11)18-12(17-13)9-20-10-5-4-6-10/h8,10H,3-7,9H2,1-2H3,(H,15,17,18). The smallest absolute Gasteiger partial charge is 0.163 e. The highest BCUT2D eigenvalue weighted by Crippen LogP contribution is 2.24. The zero-order valence-electron chi connectivity index (χ0n) is 12.1. The molecule has 0 radical (unpaired) electrons. The highest BCUT2D eigenvalue weighted by molar-refractivity contribution is 5.86. The molecule has 2 aromatic rings. The summed E-state index contributed by atoms with van der Waals surface area (Å²) in [5.41, 5.74) is 0.853. The first-order valence-electron chi connectivity index (χ1n) is 7.32. The van der Waals surface area contributed by atoms with Crippen molar-refractivity contribution in [2.24, 2.45) is 7.05 Å². The Bertz CT molecular complexity index is 591.